The van der Waals surface area contributed by atoms with Crippen molar-refractivity contribution in [2.45, 2.75) is 32.0 Å². The fraction of sp³-hybridized carbons (Fsp3) is 0.320. The highest BCUT2D eigenvalue weighted by Crippen LogP contribution is 2.37. The second-order valence-electron chi connectivity index (χ2n) is 8.67. The number of hydrogen-bond acceptors (Lipinski definition) is 6. The van der Waals surface area contributed by atoms with Crippen molar-refractivity contribution < 1.29 is 22.7 Å². The zero-order chi connectivity index (χ0) is 24.6. The van der Waals surface area contributed by atoms with Crippen LogP contribution in [0.1, 0.15) is 19.3 Å². The number of ether oxygens (including phenoxy) is 1. The number of carbonyl (C=O) groups is 1. The van der Waals surface area contributed by atoms with Gasteiger partial charge >= 0.3 is 12.1 Å². The van der Waals surface area contributed by atoms with E-state index in [0.717, 1.165) is 37.9 Å². The fourth-order valence-corrected chi connectivity index (χ4v) is 4.65. The molecule has 182 valence electrons. The molecule has 0 amide bonds. The van der Waals surface area contributed by atoms with Crippen LogP contribution in [-0.4, -0.2) is 39.8 Å². The topological polar surface area (TPSA) is 95.1 Å². The number of pyridine rings is 1. The summed E-state index contributed by atoms with van der Waals surface area (Å²) in [5, 5.41) is 3.89. The van der Waals surface area contributed by atoms with Crippen molar-refractivity contribution in [1.82, 2.24) is 19.9 Å². The highest BCUT2D eigenvalue weighted by Gasteiger charge is 2.41. The number of fused-ring (bicyclic) bond motifs is 3. The van der Waals surface area contributed by atoms with Gasteiger partial charge in [-0.1, -0.05) is 42.5 Å². The molecule has 7 nitrogen and oxygen atoms in total. The van der Waals surface area contributed by atoms with E-state index in [1.54, 1.807) is 6.07 Å². The summed E-state index contributed by atoms with van der Waals surface area (Å²) in [5.74, 6) is -1.30. The van der Waals surface area contributed by atoms with E-state index in [0.29, 0.717) is 34.7 Å². The van der Waals surface area contributed by atoms with Crippen molar-refractivity contribution >= 4 is 33.7 Å². The zero-order valence-electron chi connectivity index (χ0n) is 18.8. The monoisotopic (exact) mass is 483 g/mol. The molecule has 0 bridgehead atoms. The van der Waals surface area contributed by atoms with E-state index in [9.17, 15) is 18.0 Å². The van der Waals surface area contributed by atoms with Gasteiger partial charge < -0.3 is 20.4 Å². The highest BCUT2D eigenvalue weighted by atomic mass is 19.4. The Bertz CT molecular complexity index is 1380. The van der Waals surface area contributed by atoms with Crippen LogP contribution in [0.3, 0.4) is 0 Å². The SMILES string of the molecule is Nc1nc2c(OC(=O)C(F)(F)F)cccc2c2c1nc(-c1ccccc1)n2CCC1CCNCC1. The van der Waals surface area contributed by atoms with Gasteiger partial charge in [0.15, 0.2) is 11.6 Å². The average molecular weight is 483 g/mol. The van der Waals surface area contributed by atoms with Gasteiger partial charge in [0, 0.05) is 17.5 Å². The number of carbonyl (C=O) groups excluding carboxylic acids is 1. The molecular weight excluding hydrogens is 459 g/mol. The van der Waals surface area contributed by atoms with E-state index < -0.39 is 12.1 Å². The van der Waals surface area contributed by atoms with Crippen LogP contribution < -0.4 is 15.8 Å². The Balaban J connectivity index is 1.68. The van der Waals surface area contributed by atoms with E-state index in [2.05, 4.69) is 19.6 Å². The smallest absolute Gasteiger partial charge is 0.418 e. The molecule has 10 heteroatoms. The van der Waals surface area contributed by atoms with Crippen molar-refractivity contribution in [1.29, 1.82) is 0 Å². The molecule has 0 atom stereocenters. The second kappa shape index (κ2) is 9.18. The lowest BCUT2D eigenvalue weighted by molar-refractivity contribution is -0.189. The predicted molar refractivity (Wildman–Crippen MR) is 127 cm³/mol. The van der Waals surface area contributed by atoms with Gasteiger partial charge in [-0.2, -0.15) is 13.2 Å². The summed E-state index contributed by atoms with van der Waals surface area (Å²) in [6, 6.07) is 14.2. The van der Waals surface area contributed by atoms with Crippen molar-refractivity contribution in [2.75, 3.05) is 18.8 Å². The summed E-state index contributed by atoms with van der Waals surface area (Å²) in [4.78, 5) is 20.6. The van der Waals surface area contributed by atoms with Gasteiger partial charge in [-0.05, 0) is 44.3 Å². The molecule has 0 saturated carbocycles. The highest BCUT2D eigenvalue weighted by molar-refractivity contribution is 6.09. The number of imidazole rings is 1. The van der Waals surface area contributed by atoms with Crippen molar-refractivity contribution in [2.24, 2.45) is 5.92 Å². The molecule has 2 aromatic carbocycles. The first-order chi connectivity index (χ1) is 16.8. The Hall–Kier alpha value is -3.66. The lowest BCUT2D eigenvalue weighted by Crippen LogP contribution is -2.28. The van der Waals surface area contributed by atoms with Crippen LogP contribution in [0.5, 0.6) is 5.75 Å². The normalized spacial score (nSPS) is 15.1. The molecule has 1 saturated heterocycles. The van der Waals surface area contributed by atoms with Gasteiger partial charge in [0.2, 0.25) is 0 Å². The fourth-order valence-electron chi connectivity index (χ4n) is 4.65. The number of nitrogens with two attached hydrogens (primary N) is 1. The molecule has 35 heavy (non-hydrogen) atoms. The van der Waals surface area contributed by atoms with Crippen molar-refractivity contribution in [3.05, 3.63) is 48.5 Å². The Morgan fingerprint density at radius 1 is 1.06 bits per heavy atom. The molecule has 0 unspecified atom stereocenters. The summed E-state index contributed by atoms with van der Waals surface area (Å²) in [5.41, 5.74) is 8.34. The van der Waals surface area contributed by atoms with Crippen LogP contribution in [0.25, 0.3) is 33.3 Å². The lowest BCUT2D eigenvalue weighted by atomic mass is 9.94. The third-order valence-corrected chi connectivity index (χ3v) is 6.38. The first kappa shape index (κ1) is 23.1. The van der Waals surface area contributed by atoms with Gasteiger partial charge in [-0.15, -0.1) is 0 Å². The minimum atomic E-state index is -5.13. The third kappa shape index (κ3) is 4.53. The number of hydrogen-bond donors (Lipinski definition) is 2. The number of aryl methyl sites for hydroxylation is 1. The van der Waals surface area contributed by atoms with Crippen LogP contribution in [0, 0.1) is 5.92 Å². The summed E-state index contributed by atoms with van der Waals surface area (Å²) in [7, 11) is 0. The molecule has 1 aliphatic heterocycles. The van der Waals surface area contributed by atoms with Crippen LogP contribution in [0.4, 0.5) is 19.0 Å². The number of nitrogens with one attached hydrogen (secondary N) is 1. The number of rotatable bonds is 5. The molecule has 3 heterocycles. The second-order valence-corrected chi connectivity index (χ2v) is 8.67. The molecular formula is C25H24F3N5O2. The maximum absolute atomic E-state index is 12.9. The number of nitrogen functional groups attached to an aromatic ring is 1. The molecule has 0 spiro atoms. The molecule has 1 fully saturated rings. The standard InChI is InChI=1S/C25H24F3N5O2/c26-25(27,28)24(34)35-18-8-4-7-17-19(18)31-22(29)20-21(17)33(14-11-15-9-12-30-13-10-15)23(32-20)16-5-2-1-3-6-16/h1-8,15,30H,9-14H2,(H2,29,31). The molecule has 3 N–H and O–H groups in total. The van der Waals surface area contributed by atoms with Crippen LogP contribution in [0.15, 0.2) is 48.5 Å². The van der Waals surface area contributed by atoms with Crippen molar-refractivity contribution in [3.63, 3.8) is 0 Å². The number of nitrogens with zero attached hydrogens (tertiary/aromatic N) is 3. The number of alkyl halides is 3. The summed E-state index contributed by atoms with van der Waals surface area (Å²) < 4.78 is 45.3. The predicted octanol–water partition coefficient (Wildman–Crippen LogP) is 4.69. The number of aromatic nitrogens is 3. The molecule has 0 radical (unpaired) electrons. The van der Waals surface area contributed by atoms with Gasteiger partial charge in [-0.25, -0.2) is 14.8 Å². The largest absolute Gasteiger partial charge is 0.491 e. The van der Waals surface area contributed by atoms with E-state index in [1.807, 2.05) is 30.3 Å². The molecule has 0 aliphatic carbocycles. The van der Waals surface area contributed by atoms with Crippen LogP contribution in [-0.2, 0) is 11.3 Å². The van der Waals surface area contributed by atoms with Crippen molar-refractivity contribution in [3.8, 4) is 17.1 Å². The Morgan fingerprint density at radius 3 is 2.51 bits per heavy atom. The van der Waals surface area contributed by atoms with Crippen LogP contribution in [0.2, 0.25) is 0 Å². The molecule has 2 aromatic heterocycles. The number of anilines is 1. The number of piperidine rings is 1. The minimum Gasteiger partial charge on any atom is -0.418 e. The molecule has 5 rings (SSSR count). The quantitative estimate of drug-likeness (QED) is 0.316. The first-order valence-electron chi connectivity index (χ1n) is 11.5. The lowest BCUT2D eigenvalue weighted by Gasteiger charge is -2.23. The van der Waals surface area contributed by atoms with Gasteiger partial charge in [0.25, 0.3) is 0 Å². The van der Waals surface area contributed by atoms with E-state index in [-0.39, 0.29) is 17.1 Å². The van der Waals surface area contributed by atoms with E-state index in [1.165, 1.54) is 12.1 Å². The zero-order valence-corrected chi connectivity index (χ0v) is 18.8. The first-order valence-corrected chi connectivity index (χ1v) is 11.5. The Morgan fingerprint density at radius 2 is 1.80 bits per heavy atom. The Kier molecular flexibility index (Phi) is 6.06. The number of para-hydroxylation sites is 1. The third-order valence-electron chi connectivity index (χ3n) is 6.38. The number of benzene rings is 2. The summed E-state index contributed by atoms with van der Waals surface area (Å²) in [6.07, 6.45) is -2.06. The maximum atomic E-state index is 12.9. The number of halogens is 3. The van der Waals surface area contributed by atoms with E-state index in [4.69, 9.17) is 10.7 Å². The van der Waals surface area contributed by atoms with Crippen LogP contribution >= 0.6 is 0 Å². The maximum Gasteiger partial charge on any atom is 0.491 e. The summed E-state index contributed by atoms with van der Waals surface area (Å²) in [6.45, 7) is 2.61. The summed E-state index contributed by atoms with van der Waals surface area (Å²) >= 11 is 0. The Labute approximate surface area is 199 Å². The average Bonchev–Trinajstić information content (AvgIpc) is 3.24. The number of esters is 1. The van der Waals surface area contributed by atoms with Gasteiger partial charge in [0.05, 0.1) is 5.52 Å². The molecule has 1 aliphatic rings. The van der Waals surface area contributed by atoms with E-state index >= 15 is 0 Å². The van der Waals surface area contributed by atoms with Gasteiger partial charge in [0.1, 0.15) is 16.9 Å². The minimum absolute atomic E-state index is 0.0563. The van der Waals surface area contributed by atoms with Gasteiger partial charge in [-0.3, -0.25) is 0 Å². The molecule has 4 aromatic rings.